The minimum atomic E-state index is -0.686. The lowest BCUT2D eigenvalue weighted by molar-refractivity contribution is -0.135. The van der Waals surface area contributed by atoms with Crippen LogP contribution in [-0.2, 0) is 24.4 Å². The van der Waals surface area contributed by atoms with Gasteiger partial charge in [-0.1, -0.05) is 6.92 Å². The number of amides is 1. The first-order valence-electron chi connectivity index (χ1n) is 14.6. The van der Waals surface area contributed by atoms with Gasteiger partial charge < -0.3 is 24.5 Å². The van der Waals surface area contributed by atoms with Crippen LogP contribution in [-0.4, -0.2) is 74.9 Å². The molecular weight excluding hydrogens is 541 g/mol. The maximum atomic E-state index is 14.8. The van der Waals surface area contributed by atoms with E-state index in [4.69, 9.17) is 9.15 Å². The molecule has 1 aromatic carbocycles. The van der Waals surface area contributed by atoms with Gasteiger partial charge in [0.05, 0.1) is 17.8 Å². The minimum absolute atomic E-state index is 0.0630. The topological polar surface area (TPSA) is 121 Å². The van der Waals surface area contributed by atoms with E-state index in [-0.39, 0.29) is 36.5 Å². The van der Waals surface area contributed by atoms with Crippen molar-refractivity contribution in [1.82, 2.24) is 19.8 Å². The molecule has 224 valence electrons. The lowest BCUT2D eigenvalue weighted by Gasteiger charge is -2.39. The van der Waals surface area contributed by atoms with Gasteiger partial charge in [-0.3, -0.25) is 14.5 Å². The number of halogens is 1. The molecule has 1 atom stereocenters. The molecule has 0 bridgehead atoms. The van der Waals surface area contributed by atoms with Crippen LogP contribution in [0.25, 0.3) is 0 Å². The number of benzene rings is 1. The van der Waals surface area contributed by atoms with E-state index in [1.807, 2.05) is 11.8 Å². The average Bonchev–Trinajstić information content (AvgIpc) is 3.37. The highest BCUT2D eigenvalue weighted by atomic mass is 19.1. The maximum absolute atomic E-state index is 14.8. The van der Waals surface area contributed by atoms with E-state index in [1.165, 1.54) is 12.5 Å². The molecule has 42 heavy (non-hydrogen) atoms. The number of nitrogens with zero attached hydrogens (tertiary/aromatic N) is 4. The lowest BCUT2D eigenvalue weighted by Crippen LogP contribution is -2.57. The zero-order chi connectivity index (χ0) is 29.6. The molecule has 1 saturated heterocycles. The molecule has 2 aliphatic heterocycles. The van der Waals surface area contributed by atoms with Gasteiger partial charge in [-0.05, 0) is 61.6 Å². The molecule has 1 fully saturated rings. The van der Waals surface area contributed by atoms with Gasteiger partial charge in [0.1, 0.15) is 12.4 Å². The SMILES string of the molecule is CCCC(=O)N1CC(Nc2cc(C(=O)CC[C@H](O)CN3CCc4cc(OCc5ocnc5C)c(F)cc4C3)ccn2)C1. The van der Waals surface area contributed by atoms with E-state index in [0.29, 0.717) is 74.8 Å². The van der Waals surface area contributed by atoms with Gasteiger partial charge in [0.15, 0.2) is 29.5 Å². The number of oxazole rings is 1. The van der Waals surface area contributed by atoms with Gasteiger partial charge in [-0.15, -0.1) is 0 Å². The van der Waals surface area contributed by atoms with Crippen LogP contribution < -0.4 is 10.1 Å². The Hall–Kier alpha value is -3.83. The summed E-state index contributed by atoms with van der Waals surface area (Å²) in [4.78, 5) is 37.1. The van der Waals surface area contributed by atoms with Crippen LogP contribution in [0, 0.1) is 12.7 Å². The third-order valence-electron chi connectivity index (χ3n) is 7.85. The summed E-state index contributed by atoms with van der Waals surface area (Å²) in [5.41, 5.74) is 3.14. The van der Waals surface area contributed by atoms with Crippen molar-refractivity contribution in [3.05, 3.63) is 70.8 Å². The summed E-state index contributed by atoms with van der Waals surface area (Å²) in [6, 6.07) is 6.77. The number of Topliss-reactive ketones (excluding diaryl/α,β-unsaturated/α-hetero) is 1. The molecule has 2 aromatic heterocycles. The van der Waals surface area contributed by atoms with Crippen LogP contribution in [0.5, 0.6) is 5.75 Å². The number of anilines is 1. The highest BCUT2D eigenvalue weighted by Gasteiger charge is 2.30. The van der Waals surface area contributed by atoms with E-state index in [9.17, 15) is 19.1 Å². The van der Waals surface area contributed by atoms with Crippen LogP contribution in [0.2, 0.25) is 0 Å². The first kappa shape index (κ1) is 29.7. The van der Waals surface area contributed by atoms with Crippen molar-refractivity contribution in [2.24, 2.45) is 0 Å². The summed E-state index contributed by atoms with van der Waals surface area (Å²) in [6.07, 6.45) is 4.89. The van der Waals surface area contributed by atoms with Gasteiger partial charge in [-0.25, -0.2) is 14.4 Å². The highest BCUT2D eigenvalue weighted by molar-refractivity contribution is 5.96. The number of ketones is 1. The van der Waals surface area contributed by atoms with Crippen LogP contribution in [0.15, 0.2) is 41.3 Å². The van der Waals surface area contributed by atoms with E-state index >= 15 is 0 Å². The molecule has 1 amide bonds. The summed E-state index contributed by atoms with van der Waals surface area (Å²) in [7, 11) is 0. The Labute approximate surface area is 244 Å². The number of pyridine rings is 1. The molecule has 10 nitrogen and oxygen atoms in total. The Morgan fingerprint density at radius 1 is 1.21 bits per heavy atom. The first-order valence-corrected chi connectivity index (χ1v) is 14.6. The molecular formula is C31H38FN5O5. The number of fused-ring (bicyclic) bond motifs is 1. The molecule has 0 saturated carbocycles. The normalized spacial score (nSPS) is 16.0. The lowest BCUT2D eigenvalue weighted by atomic mass is 9.98. The Morgan fingerprint density at radius 3 is 2.81 bits per heavy atom. The summed E-state index contributed by atoms with van der Waals surface area (Å²) in [5, 5.41) is 14.0. The number of aliphatic hydroxyl groups is 1. The number of ether oxygens (including phenoxy) is 1. The summed E-state index contributed by atoms with van der Waals surface area (Å²) in [5.74, 6) is 1.02. The second-order valence-electron chi connectivity index (χ2n) is 11.1. The number of hydrogen-bond acceptors (Lipinski definition) is 9. The number of likely N-dealkylation sites (tertiary alicyclic amines) is 1. The standard InChI is InChI=1S/C31H38FN5O5/c1-3-4-31(40)37-15-24(16-37)35-30-13-22(7-9-33-30)27(39)6-5-25(38)17-36-10-8-21-12-28(26(32)11-23(21)14-36)41-18-29-20(2)34-19-42-29/h7,9,11-13,19,24-25,38H,3-6,8,10,14-18H2,1-2H3,(H,33,35)/t25-/m0/s1. The van der Waals surface area contributed by atoms with Crippen molar-refractivity contribution in [3.63, 3.8) is 0 Å². The monoisotopic (exact) mass is 579 g/mol. The Balaban J connectivity index is 1.06. The minimum Gasteiger partial charge on any atom is -0.482 e. The number of aromatic nitrogens is 2. The molecule has 2 aliphatic rings. The van der Waals surface area contributed by atoms with E-state index < -0.39 is 11.9 Å². The van der Waals surface area contributed by atoms with Crippen molar-refractivity contribution >= 4 is 17.5 Å². The number of rotatable bonds is 13. The van der Waals surface area contributed by atoms with Crippen LogP contribution in [0.1, 0.15) is 65.5 Å². The van der Waals surface area contributed by atoms with Crippen LogP contribution in [0.4, 0.5) is 10.2 Å². The maximum Gasteiger partial charge on any atom is 0.222 e. The van der Waals surface area contributed by atoms with Crippen molar-refractivity contribution < 1.29 is 28.2 Å². The fraction of sp³-hybridized carbons (Fsp3) is 0.484. The van der Waals surface area contributed by atoms with E-state index in [1.54, 1.807) is 31.3 Å². The molecule has 11 heteroatoms. The summed E-state index contributed by atoms with van der Waals surface area (Å²) < 4.78 is 25.7. The number of carbonyl (C=O) groups is 2. The fourth-order valence-electron chi connectivity index (χ4n) is 5.36. The smallest absolute Gasteiger partial charge is 0.222 e. The van der Waals surface area contributed by atoms with Gasteiger partial charge in [-0.2, -0.15) is 0 Å². The Kier molecular flexibility index (Phi) is 9.48. The zero-order valence-electron chi connectivity index (χ0n) is 24.1. The quantitative estimate of drug-likeness (QED) is 0.291. The summed E-state index contributed by atoms with van der Waals surface area (Å²) in [6.45, 7) is 6.80. The highest BCUT2D eigenvalue weighted by Crippen LogP contribution is 2.28. The van der Waals surface area contributed by atoms with Crippen molar-refractivity contribution in [1.29, 1.82) is 0 Å². The average molecular weight is 580 g/mol. The second-order valence-corrected chi connectivity index (χ2v) is 11.1. The Morgan fingerprint density at radius 2 is 2.05 bits per heavy atom. The number of aryl methyl sites for hydroxylation is 1. The third-order valence-corrected chi connectivity index (χ3v) is 7.85. The van der Waals surface area contributed by atoms with Gasteiger partial charge >= 0.3 is 0 Å². The number of aliphatic hydroxyl groups excluding tert-OH is 1. The predicted molar refractivity (Wildman–Crippen MR) is 154 cm³/mol. The predicted octanol–water partition coefficient (Wildman–Crippen LogP) is 3.90. The van der Waals surface area contributed by atoms with Crippen LogP contribution in [0.3, 0.4) is 0 Å². The molecule has 5 rings (SSSR count). The van der Waals surface area contributed by atoms with E-state index in [0.717, 1.165) is 17.5 Å². The molecule has 0 unspecified atom stereocenters. The number of nitrogens with one attached hydrogen (secondary N) is 1. The van der Waals surface area contributed by atoms with Gasteiger partial charge in [0.2, 0.25) is 5.91 Å². The van der Waals surface area contributed by atoms with Crippen LogP contribution >= 0.6 is 0 Å². The Bertz CT molecular complexity index is 1410. The molecule has 4 heterocycles. The largest absolute Gasteiger partial charge is 0.482 e. The number of hydrogen-bond donors (Lipinski definition) is 2. The molecule has 2 N–H and O–H groups in total. The second kappa shape index (κ2) is 13.4. The fourth-order valence-corrected chi connectivity index (χ4v) is 5.36. The number of β-amino-alcohol motifs (C(OH)–C–C–N with tert-alkyl or cyclic N) is 1. The van der Waals surface area contributed by atoms with Crippen molar-refractivity contribution in [3.8, 4) is 5.75 Å². The molecule has 3 aromatic rings. The molecule has 0 aliphatic carbocycles. The van der Waals surface area contributed by atoms with E-state index in [2.05, 4.69) is 20.2 Å². The van der Waals surface area contributed by atoms with Gasteiger partial charge in [0.25, 0.3) is 0 Å². The number of carbonyl (C=O) groups excluding carboxylic acids is 2. The van der Waals surface area contributed by atoms with Gasteiger partial charge in [0, 0.05) is 57.3 Å². The zero-order valence-corrected chi connectivity index (χ0v) is 24.1. The van der Waals surface area contributed by atoms with Crippen molar-refractivity contribution in [2.75, 3.05) is 31.5 Å². The summed E-state index contributed by atoms with van der Waals surface area (Å²) >= 11 is 0. The molecule has 0 spiro atoms. The first-order chi connectivity index (χ1) is 20.3. The van der Waals surface area contributed by atoms with Crippen molar-refractivity contribution in [2.45, 2.75) is 71.2 Å². The third kappa shape index (κ3) is 7.32. The molecule has 0 radical (unpaired) electrons.